The Bertz CT molecular complexity index is 853. The van der Waals surface area contributed by atoms with Gasteiger partial charge in [0.1, 0.15) is 13.2 Å². The van der Waals surface area contributed by atoms with Gasteiger partial charge in [-0.3, -0.25) is 9.59 Å². The van der Waals surface area contributed by atoms with Crippen molar-refractivity contribution >= 4 is 17.5 Å². The first-order valence-corrected chi connectivity index (χ1v) is 9.17. The molecule has 0 radical (unpaired) electrons. The molecule has 0 spiro atoms. The Hall–Kier alpha value is -3.02. The number of anilines is 1. The summed E-state index contributed by atoms with van der Waals surface area (Å²) in [5.74, 6) is 0.801. The lowest BCUT2D eigenvalue weighted by Gasteiger charge is -2.22. The molecule has 6 heteroatoms. The van der Waals surface area contributed by atoms with E-state index in [-0.39, 0.29) is 30.2 Å². The van der Waals surface area contributed by atoms with Gasteiger partial charge in [0.15, 0.2) is 11.5 Å². The smallest absolute Gasteiger partial charge is 0.227 e. The molecule has 1 saturated heterocycles. The van der Waals surface area contributed by atoms with E-state index in [9.17, 15) is 9.59 Å². The van der Waals surface area contributed by atoms with Crippen molar-refractivity contribution in [2.75, 3.05) is 24.7 Å². The van der Waals surface area contributed by atoms with Gasteiger partial charge in [-0.2, -0.15) is 0 Å². The van der Waals surface area contributed by atoms with Crippen LogP contribution in [0.5, 0.6) is 11.5 Å². The second kappa shape index (κ2) is 7.31. The number of hydrogen-bond acceptors (Lipinski definition) is 4. The van der Waals surface area contributed by atoms with E-state index in [1.54, 1.807) is 11.0 Å². The monoisotopic (exact) mass is 366 g/mol. The molecule has 0 saturated carbocycles. The van der Waals surface area contributed by atoms with Crippen LogP contribution in [-0.2, 0) is 9.59 Å². The van der Waals surface area contributed by atoms with Crippen molar-refractivity contribution in [2.45, 2.75) is 19.4 Å². The van der Waals surface area contributed by atoms with Crippen LogP contribution >= 0.6 is 0 Å². The van der Waals surface area contributed by atoms with Gasteiger partial charge in [-0.05, 0) is 24.6 Å². The number of nitrogens with zero attached hydrogens (tertiary/aromatic N) is 1. The summed E-state index contributed by atoms with van der Waals surface area (Å²) in [4.78, 5) is 26.8. The Morgan fingerprint density at radius 1 is 1.11 bits per heavy atom. The summed E-state index contributed by atoms with van der Waals surface area (Å²) in [6.07, 6.45) is 0.210. The van der Waals surface area contributed by atoms with Crippen molar-refractivity contribution in [2.24, 2.45) is 5.92 Å². The van der Waals surface area contributed by atoms with Crippen LogP contribution in [0.15, 0.2) is 48.5 Å². The zero-order chi connectivity index (χ0) is 18.8. The molecule has 2 amide bonds. The minimum absolute atomic E-state index is 0.0563. The highest BCUT2D eigenvalue weighted by atomic mass is 16.6. The van der Waals surface area contributed by atoms with Crippen LogP contribution in [0.2, 0.25) is 0 Å². The molecule has 2 aromatic carbocycles. The molecule has 2 atom stereocenters. The van der Waals surface area contributed by atoms with Gasteiger partial charge in [0.05, 0.1) is 12.0 Å². The fraction of sp³-hybridized carbons (Fsp3) is 0.333. The molecular formula is C21H22N2O4. The highest BCUT2D eigenvalue weighted by molar-refractivity contribution is 6.00. The molecule has 4 rings (SSSR count). The number of fused-ring (bicyclic) bond motifs is 1. The Labute approximate surface area is 158 Å². The predicted molar refractivity (Wildman–Crippen MR) is 101 cm³/mol. The van der Waals surface area contributed by atoms with E-state index in [0.29, 0.717) is 31.3 Å². The van der Waals surface area contributed by atoms with Crippen LogP contribution in [0.3, 0.4) is 0 Å². The zero-order valence-electron chi connectivity index (χ0n) is 15.2. The van der Waals surface area contributed by atoms with Crippen LogP contribution in [-0.4, -0.2) is 31.6 Å². The molecule has 0 bridgehead atoms. The van der Waals surface area contributed by atoms with Gasteiger partial charge in [0.25, 0.3) is 0 Å². The lowest BCUT2D eigenvalue weighted by molar-refractivity contribution is -0.126. The average molecular weight is 366 g/mol. The fourth-order valence-corrected chi connectivity index (χ4v) is 3.49. The van der Waals surface area contributed by atoms with E-state index in [1.165, 1.54) is 0 Å². The van der Waals surface area contributed by atoms with E-state index in [2.05, 4.69) is 5.32 Å². The van der Waals surface area contributed by atoms with Crippen LogP contribution < -0.4 is 19.7 Å². The number of carbonyl (C=O) groups is 2. The second-order valence-electron chi connectivity index (χ2n) is 6.87. The summed E-state index contributed by atoms with van der Waals surface area (Å²) in [6.45, 7) is 3.33. The number of ether oxygens (including phenoxy) is 2. The lowest BCUT2D eigenvalue weighted by atomic mass is 10.1. The van der Waals surface area contributed by atoms with Gasteiger partial charge in [-0.25, -0.2) is 0 Å². The molecule has 0 unspecified atom stereocenters. The molecule has 6 nitrogen and oxygen atoms in total. The van der Waals surface area contributed by atoms with Crippen molar-refractivity contribution in [3.05, 3.63) is 54.1 Å². The van der Waals surface area contributed by atoms with Crippen LogP contribution in [0.1, 0.15) is 24.9 Å². The number of benzene rings is 2. The Morgan fingerprint density at radius 3 is 2.63 bits per heavy atom. The molecule has 2 aliphatic rings. The SMILES string of the molecule is C[C@@H](NC(=O)[C@H]1CC(=O)N(c2ccc3c(c2)OCCO3)C1)c1ccccc1. The van der Waals surface area contributed by atoms with Crippen LogP contribution in [0.25, 0.3) is 0 Å². The van der Waals surface area contributed by atoms with Crippen molar-refractivity contribution in [3.8, 4) is 11.5 Å². The predicted octanol–water partition coefficient (Wildman–Crippen LogP) is 2.69. The highest BCUT2D eigenvalue weighted by Crippen LogP contribution is 2.36. The average Bonchev–Trinajstić information content (AvgIpc) is 3.10. The summed E-state index contributed by atoms with van der Waals surface area (Å²) >= 11 is 0. The molecule has 140 valence electrons. The van der Waals surface area contributed by atoms with E-state index >= 15 is 0 Å². The van der Waals surface area contributed by atoms with Gasteiger partial charge >= 0.3 is 0 Å². The minimum atomic E-state index is -0.364. The number of nitrogens with one attached hydrogen (secondary N) is 1. The minimum Gasteiger partial charge on any atom is -0.486 e. The Kier molecular flexibility index (Phi) is 4.71. The topological polar surface area (TPSA) is 67.9 Å². The first-order valence-electron chi connectivity index (χ1n) is 9.17. The van der Waals surface area contributed by atoms with Gasteiger partial charge in [0.2, 0.25) is 11.8 Å². The molecular weight excluding hydrogens is 344 g/mol. The molecule has 2 aromatic rings. The summed E-state index contributed by atoms with van der Waals surface area (Å²) in [5.41, 5.74) is 1.77. The third kappa shape index (κ3) is 3.60. The normalized spacial score (nSPS) is 19.7. The third-order valence-corrected chi connectivity index (χ3v) is 4.99. The molecule has 1 fully saturated rings. The van der Waals surface area contributed by atoms with Gasteiger partial charge in [-0.15, -0.1) is 0 Å². The molecule has 0 aliphatic carbocycles. The maximum Gasteiger partial charge on any atom is 0.227 e. The maximum absolute atomic E-state index is 12.6. The molecule has 27 heavy (non-hydrogen) atoms. The molecule has 1 N–H and O–H groups in total. The first-order chi connectivity index (χ1) is 13.1. The van der Waals surface area contributed by atoms with Crippen molar-refractivity contribution in [3.63, 3.8) is 0 Å². The summed E-state index contributed by atoms with van der Waals surface area (Å²) < 4.78 is 11.1. The summed E-state index contributed by atoms with van der Waals surface area (Å²) in [6, 6.07) is 15.1. The zero-order valence-corrected chi connectivity index (χ0v) is 15.2. The van der Waals surface area contributed by atoms with E-state index in [0.717, 1.165) is 11.3 Å². The van der Waals surface area contributed by atoms with Gasteiger partial charge in [0, 0.05) is 24.7 Å². The Balaban J connectivity index is 1.43. The van der Waals surface area contributed by atoms with E-state index in [4.69, 9.17) is 9.47 Å². The standard InChI is InChI=1S/C21H22N2O4/c1-14(15-5-3-2-4-6-15)22-21(25)16-11-20(24)23(13-16)17-7-8-18-19(12-17)27-10-9-26-18/h2-8,12,14,16H,9-11,13H2,1H3,(H,22,25)/t14-,16+/m1/s1. The maximum atomic E-state index is 12.6. The third-order valence-electron chi connectivity index (χ3n) is 4.99. The number of rotatable bonds is 4. The van der Waals surface area contributed by atoms with Crippen molar-refractivity contribution in [1.82, 2.24) is 5.32 Å². The highest BCUT2D eigenvalue weighted by Gasteiger charge is 2.36. The van der Waals surface area contributed by atoms with Gasteiger partial charge in [-0.1, -0.05) is 30.3 Å². The Morgan fingerprint density at radius 2 is 1.85 bits per heavy atom. The van der Waals surface area contributed by atoms with E-state index < -0.39 is 0 Å². The summed E-state index contributed by atoms with van der Waals surface area (Å²) in [5, 5.41) is 3.02. The number of carbonyl (C=O) groups excluding carboxylic acids is 2. The molecule has 2 aliphatic heterocycles. The molecule has 0 aromatic heterocycles. The number of hydrogen-bond donors (Lipinski definition) is 1. The van der Waals surface area contributed by atoms with Crippen LogP contribution in [0.4, 0.5) is 5.69 Å². The lowest BCUT2D eigenvalue weighted by Crippen LogP contribution is -2.34. The number of amides is 2. The summed E-state index contributed by atoms with van der Waals surface area (Å²) in [7, 11) is 0. The van der Waals surface area contributed by atoms with Gasteiger partial charge < -0.3 is 19.7 Å². The molecule has 2 heterocycles. The van der Waals surface area contributed by atoms with Crippen molar-refractivity contribution in [1.29, 1.82) is 0 Å². The quantitative estimate of drug-likeness (QED) is 0.903. The van der Waals surface area contributed by atoms with Crippen LogP contribution in [0, 0.1) is 5.92 Å². The van der Waals surface area contributed by atoms with Crippen molar-refractivity contribution < 1.29 is 19.1 Å². The fourth-order valence-electron chi connectivity index (χ4n) is 3.49. The first kappa shape index (κ1) is 17.4. The second-order valence-corrected chi connectivity index (χ2v) is 6.87. The van der Waals surface area contributed by atoms with E-state index in [1.807, 2.05) is 49.4 Å². The largest absolute Gasteiger partial charge is 0.486 e.